The fraction of sp³-hybridized carbons (Fsp3) is 0.286. The van der Waals surface area contributed by atoms with Crippen LogP contribution in [-0.2, 0) is 40.0 Å². The smallest absolute Gasteiger partial charge is 0.332 e. The van der Waals surface area contributed by atoms with E-state index in [-0.39, 0.29) is 25.4 Å². The molecule has 54 heavy (non-hydrogen) atoms. The SMILES string of the molecule is C=CCN(C)c1ncccc1C(=O)NC1(C(=O)O)Cc2ccccc2C1.C=CCN(C)c1ncccc1C(=O)NC1(C(=O)OCC)Cc2ccccc2C1. The highest BCUT2D eigenvalue weighted by molar-refractivity contribution is 6.03. The maximum Gasteiger partial charge on any atom is 0.332 e. The molecule has 0 atom stereocenters. The van der Waals surface area contributed by atoms with Crippen molar-refractivity contribution in [2.45, 2.75) is 43.7 Å². The maximum atomic E-state index is 13.2. The number of hydrogen-bond donors (Lipinski definition) is 3. The second-order valence-corrected chi connectivity index (χ2v) is 13.4. The van der Waals surface area contributed by atoms with Crippen LogP contribution in [-0.4, -0.2) is 83.7 Å². The molecule has 2 aromatic carbocycles. The van der Waals surface area contributed by atoms with Gasteiger partial charge in [-0.3, -0.25) is 9.59 Å². The van der Waals surface area contributed by atoms with Gasteiger partial charge in [-0.25, -0.2) is 19.6 Å². The number of esters is 1. The van der Waals surface area contributed by atoms with Gasteiger partial charge in [-0.2, -0.15) is 0 Å². The lowest BCUT2D eigenvalue weighted by molar-refractivity contribution is -0.150. The number of fused-ring (bicyclic) bond motifs is 2. The Balaban J connectivity index is 0.000000208. The molecule has 0 spiro atoms. The number of carboxylic acids is 1. The Morgan fingerprint density at radius 2 is 1.09 bits per heavy atom. The normalized spacial score (nSPS) is 14.2. The molecule has 2 aliphatic carbocycles. The molecular formula is C42H46N6O6. The molecule has 0 fully saturated rings. The summed E-state index contributed by atoms with van der Waals surface area (Å²) in [5, 5.41) is 15.6. The first-order valence-electron chi connectivity index (χ1n) is 17.7. The zero-order chi connectivity index (χ0) is 38.9. The summed E-state index contributed by atoms with van der Waals surface area (Å²) >= 11 is 0. The van der Waals surface area contributed by atoms with Crippen molar-refractivity contribution >= 4 is 35.4 Å². The number of nitrogens with one attached hydrogen (secondary N) is 2. The highest BCUT2D eigenvalue weighted by Crippen LogP contribution is 2.33. The number of carbonyl (C=O) groups excluding carboxylic acids is 3. The van der Waals surface area contributed by atoms with Crippen LogP contribution in [0.1, 0.15) is 49.9 Å². The maximum absolute atomic E-state index is 13.2. The van der Waals surface area contributed by atoms with Crippen molar-refractivity contribution in [3.63, 3.8) is 0 Å². The van der Waals surface area contributed by atoms with Crippen LogP contribution in [0.15, 0.2) is 111 Å². The van der Waals surface area contributed by atoms with Crippen molar-refractivity contribution in [1.29, 1.82) is 0 Å². The van der Waals surface area contributed by atoms with Crippen molar-refractivity contribution in [3.8, 4) is 0 Å². The van der Waals surface area contributed by atoms with E-state index in [0.717, 1.165) is 22.3 Å². The lowest BCUT2D eigenvalue weighted by atomic mass is 9.95. The summed E-state index contributed by atoms with van der Waals surface area (Å²) in [5.74, 6) is -1.22. The molecule has 4 aromatic rings. The zero-order valence-electron chi connectivity index (χ0n) is 30.9. The van der Waals surface area contributed by atoms with Gasteiger partial charge in [-0.05, 0) is 53.4 Å². The van der Waals surface area contributed by atoms with Gasteiger partial charge in [-0.1, -0.05) is 60.7 Å². The zero-order valence-corrected chi connectivity index (χ0v) is 30.9. The molecule has 0 saturated carbocycles. The van der Waals surface area contributed by atoms with E-state index in [1.54, 1.807) is 67.7 Å². The van der Waals surface area contributed by atoms with Crippen LogP contribution in [0.4, 0.5) is 11.6 Å². The minimum Gasteiger partial charge on any atom is -0.479 e. The number of carboxylic acid groups (broad SMARTS) is 1. The van der Waals surface area contributed by atoms with Gasteiger partial charge in [0.25, 0.3) is 11.8 Å². The molecule has 280 valence electrons. The molecule has 3 N–H and O–H groups in total. The summed E-state index contributed by atoms with van der Waals surface area (Å²) in [6, 6.07) is 22.1. The molecule has 12 nitrogen and oxygen atoms in total. The molecule has 0 saturated heterocycles. The largest absolute Gasteiger partial charge is 0.479 e. The topological polar surface area (TPSA) is 154 Å². The minimum absolute atomic E-state index is 0.257. The number of carbonyl (C=O) groups is 4. The molecule has 2 aliphatic rings. The van der Waals surface area contributed by atoms with Gasteiger partial charge in [0.15, 0.2) is 0 Å². The van der Waals surface area contributed by atoms with Crippen LogP contribution >= 0.6 is 0 Å². The first-order valence-corrected chi connectivity index (χ1v) is 17.7. The van der Waals surface area contributed by atoms with Crippen molar-refractivity contribution < 1.29 is 29.0 Å². The number of aromatic nitrogens is 2. The average molecular weight is 731 g/mol. The fourth-order valence-electron chi connectivity index (χ4n) is 6.96. The number of anilines is 2. The molecule has 2 heterocycles. The molecule has 0 unspecified atom stereocenters. The first-order chi connectivity index (χ1) is 26.0. The third-order valence-corrected chi connectivity index (χ3v) is 9.58. The van der Waals surface area contributed by atoms with Crippen LogP contribution in [0, 0.1) is 0 Å². The Bertz CT molecular complexity index is 2000. The van der Waals surface area contributed by atoms with Gasteiger partial charge in [0, 0.05) is 65.3 Å². The molecule has 0 radical (unpaired) electrons. The quantitative estimate of drug-likeness (QED) is 0.132. The van der Waals surface area contributed by atoms with E-state index in [9.17, 15) is 24.3 Å². The number of benzene rings is 2. The van der Waals surface area contributed by atoms with E-state index in [1.165, 1.54) is 0 Å². The Morgan fingerprint density at radius 3 is 1.46 bits per heavy atom. The molecule has 2 aromatic heterocycles. The predicted molar refractivity (Wildman–Crippen MR) is 208 cm³/mol. The summed E-state index contributed by atoms with van der Waals surface area (Å²) < 4.78 is 5.32. The number of rotatable bonds is 13. The molecule has 6 rings (SSSR count). The summed E-state index contributed by atoms with van der Waals surface area (Å²) in [5.41, 5.74) is 2.29. The average Bonchev–Trinajstić information content (AvgIpc) is 3.75. The van der Waals surface area contributed by atoms with Crippen molar-refractivity contribution in [2.24, 2.45) is 0 Å². The second kappa shape index (κ2) is 17.0. The van der Waals surface area contributed by atoms with Crippen LogP contribution in [0.25, 0.3) is 0 Å². The van der Waals surface area contributed by atoms with Gasteiger partial charge in [0.2, 0.25) is 0 Å². The molecule has 12 heteroatoms. The standard InChI is InChI=1S/C22H25N3O3.C20H21N3O3/c1-4-13-25(3)19-18(11-8-12-23-19)20(26)24-22(21(27)28-5-2)14-16-9-6-7-10-17(16)15-22;1-3-11-23(2)17-16(9-6-10-21-17)18(24)22-20(19(25)26)12-14-7-4-5-8-15(14)13-20/h4,6-12H,1,5,13-15H2,2-3H3,(H,24,26);3-10H,1,11-13H2,2H3,(H,22,24)(H,25,26). The summed E-state index contributed by atoms with van der Waals surface area (Å²) in [6.07, 6.45) is 8.04. The monoisotopic (exact) mass is 730 g/mol. The van der Waals surface area contributed by atoms with Crippen molar-refractivity contribution in [3.05, 3.63) is 144 Å². The van der Waals surface area contributed by atoms with Crippen molar-refractivity contribution in [2.75, 3.05) is 43.6 Å². The van der Waals surface area contributed by atoms with Gasteiger partial charge < -0.3 is 30.3 Å². The van der Waals surface area contributed by atoms with Gasteiger partial charge in [0.1, 0.15) is 22.7 Å². The van der Waals surface area contributed by atoms with Crippen LogP contribution in [0.3, 0.4) is 0 Å². The van der Waals surface area contributed by atoms with E-state index in [2.05, 4.69) is 33.8 Å². The van der Waals surface area contributed by atoms with Crippen LogP contribution in [0.2, 0.25) is 0 Å². The molecule has 0 bridgehead atoms. The van der Waals surface area contributed by atoms with Crippen LogP contribution < -0.4 is 20.4 Å². The highest BCUT2D eigenvalue weighted by atomic mass is 16.5. The molecule has 0 aliphatic heterocycles. The predicted octanol–water partition coefficient (Wildman–Crippen LogP) is 4.59. The number of pyridine rings is 2. The van der Waals surface area contributed by atoms with E-state index in [0.29, 0.717) is 48.7 Å². The number of likely N-dealkylation sites (N-methyl/N-ethyl adjacent to an activating group) is 2. The number of aliphatic carboxylic acids is 1. The van der Waals surface area contributed by atoms with E-state index >= 15 is 0 Å². The Hall–Kier alpha value is -6.30. The van der Waals surface area contributed by atoms with Crippen LogP contribution in [0.5, 0.6) is 0 Å². The summed E-state index contributed by atoms with van der Waals surface area (Å²) in [6.45, 7) is 10.5. The molecule has 2 amide bonds. The number of hydrogen-bond acceptors (Lipinski definition) is 9. The summed E-state index contributed by atoms with van der Waals surface area (Å²) in [4.78, 5) is 63.2. The third-order valence-electron chi connectivity index (χ3n) is 9.58. The third kappa shape index (κ3) is 8.33. The second-order valence-electron chi connectivity index (χ2n) is 13.4. The number of ether oxygens (including phenoxy) is 1. The van der Waals surface area contributed by atoms with Gasteiger partial charge >= 0.3 is 11.9 Å². The Labute approximate surface area is 315 Å². The lowest BCUT2D eigenvalue weighted by Crippen LogP contribution is -2.56. The first kappa shape index (κ1) is 38.9. The van der Waals surface area contributed by atoms with Gasteiger partial charge in [0.05, 0.1) is 17.7 Å². The Morgan fingerprint density at radius 1 is 0.704 bits per heavy atom. The van der Waals surface area contributed by atoms with Gasteiger partial charge in [-0.15, -0.1) is 13.2 Å². The van der Waals surface area contributed by atoms with E-state index in [1.807, 2.05) is 60.5 Å². The minimum atomic E-state index is -1.34. The highest BCUT2D eigenvalue weighted by Gasteiger charge is 2.47. The number of amides is 2. The van der Waals surface area contributed by atoms with E-state index < -0.39 is 28.9 Å². The van der Waals surface area contributed by atoms with E-state index in [4.69, 9.17) is 4.74 Å². The number of nitrogens with zero attached hydrogens (tertiary/aromatic N) is 4. The molecular weight excluding hydrogens is 684 g/mol. The Kier molecular flexibility index (Phi) is 12.3. The van der Waals surface area contributed by atoms with Crippen molar-refractivity contribution in [1.82, 2.24) is 20.6 Å². The fourth-order valence-corrected chi connectivity index (χ4v) is 6.96. The summed E-state index contributed by atoms with van der Waals surface area (Å²) in [7, 11) is 3.65. The lowest BCUT2D eigenvalue weighted by Gasteiger charge is -2.29.